The molecule has 0 radical (unpaired) electrons. The molecule has 2 rings (SSSR count). The Bertz CT molecular complexity index is 306. The van der Waals surface area contributed by atoms with E-state index in [-0.39, 0.29) is 6.03 Å². The lowest BCUT2D eigenvalue weighted by Gasteiger charge is -2.27. The summed E-state index contributed by atoms with van der Waals surface area (Å²) in [7, 11) is 0. The van der Waals surface area contributed by atoms with E-state index in [9.17, 15) is 4.79 Å². The summed E-state index contributed by atoms with van der Waals surface area (Å²) in [6.07, 6.45) is 0. The van der Waals surface area contributed by atoms with Gasteiger partial charge in [-0.1, -0.05) is 6.07 Å². The molecule has 2 N–H and O–H groups in total. The molecule has 0 aromatic carbocycles. The average molecular weight is 225 g/mol. The summed E-state index contributed by atoms with van der Waals surface area (Å²) in [5.41, 5.74) is 0. The van der Waals surface area contributed by atoms with Crippen molar-refractivity contribution < 1.29 is 4.79 Å². The van der Waals surface area contributed by atoms with E-state index in [4.69, 9.17) is 0 Å². The summed E-state index contributed by atoms with van der Waals surface area (Å²) in [6, 6.07) is 4.07. The second kappa shape index (κ2) is 5.14. The first-order chi connectivity index (χ1) is 7.36. The van der Waals surface area contributed by atoms with E-state index in [1.54, 1.807) is 11.3 Å². The van der Waals surface area contributed by atoms with Gasteiger partial charge in [-0.25, -0.2) is 4.79 Å². The summed E-state index contributed by atoms with van der Waals surface area (Å²) >= 11 is 1.67. The van der Waals surface area contributed by atoms with Gasteiger partial charge in [0.25, 0.3) is 0 Å². The summed E-state index contributed by atoms with van der Waals surface area (Å²) in [5, 5.41) is 8.16. The number of carbonyl (C=O) groups excluding carboxylic acids is 1. The van der Waals surface area contributed by atoms with Crippen LogP contribution in [0.25, 0.3) is 0 Å². The van der Waals surface area contributed by atoms with Gasteiger partial charge in [-0.05, 0) is 11.4 Å². The number of rotatable bonds is 2. The maximum atomic E-state index is 11.7. The first-order valence-corrected chi connectivity index (χ1v) is 6.00. The number of urea groups is 1. The molecule has 2 amide bonds. The van der Waals surface area contributed by atoms with Gasteiger partial charge in [0.1, 0.15) is 0 Å². The fraction of sp³-hybridized carbons (Fsp3) is 0.500. The zero-order valence-electron chi connectivity index (χ0n) is 8.53. The molecule has 0 atom stereocenters. The number of amides is 2. The first-order valence-electron chi connectivity index (χ1n) is 5.12. The molecular formula is C10H15N3OS. The van der Waals surface area contributed by atoms with Crippen LogP contribution in [0.15, 0.2) is 17.5 Å². The van der Waals surface area contributed by atoms with E-state index < -0.39 is 0 Å². The van der Waals surface area contributed by atoms with Crippen LogP contribution in [-0.2, 0) is 6.54 Å². The van der Waals surface area contributed by atoms with Crippen LogP contribution in [0.1, 0.15) is 4.88 Å². The van der Waals surface area contributed by atoms with E-state index in [0.717, 1.165) is 26.2 Å². The van der Waals surface area contributed by atoms with Crippen LogP contribution >= 0.6 is 11.3 Å². The minimum Gasteiger partial charge on any atom is -0.333 e. The molecule has 2 heterocycles. The monoisotopic (exact) mass is 225 g/mol. The zero-order valence-corrected chi connectivity index (χ0v) is 9.35. The molecule has 1 saturated heterocycles. The molecule has 1 aliphatic heterocycles. The Balaban J connectivity index is 1.76. The molecule has 0 bridgehead atoms. The number of hydrogen-bond donors (Lipinski definition) is 2. The maximum Gasteiger partial charge on any atom is 0.317 e. The molecule has 0 saturated carbocycles. The van der Waals surface area contributed by atoms with Crippen molar-refractivity contribution in [3.05, 3.63) is 22.4 Å². The van der Waals surface area contributed by atoms with Gasteiger partial charge in [0.05, 0.1) is 6.54 Å². The van der Waals surface area contributed by atoms with Crippen LogP contribution in [0.4, 0.5) is 4.79 Å². The van der Waals surface area contributed by atoms with Gasteiger partial charge in [0.15, 0.2) is 0 Å². The molecule has 4 nitrogen and oxygen atoms in total. The van der Waals surface area contributed by atoms with Gasteiger partial charge in [-0.3, -0.25) is 0 Å². The normalized spacial score (nSPS) is 16.4. The van der Waals surface area contributed by atoms with Crippen molar-refractivity contribution in [3.8, 4) is 0 Å². The van der Waals surface area contributed by atoms with Crippen LogP contribution < -0.4 is 10.6 Å². The highest BCUT2D eigenvalue weighted by atomic mass is 32.1. The Labute approximate surface area is 93.3 Å². The number of piperazine rings is 1. The summed E-state index contributed by atoms with van der Waals surface area (Å²) in [4.78, 5) is 14.7. The number of nitrogens with zero attached hydrogens (tertiary/aromatic N) is 1. The molecule has 0 spiro atoms. The Morgan fingerprint density at radius 1 is 1.53 bits per heavy atom. The van der Waals surface area contributed by atoms with Crippen molar-refractivity contribution in [1.29, 1.82) is 0 Å². The average Bonchev–Trinajstić information content (AvgIpc) is 2.80. The lowest BCUT2D eigenvalue weighted by molar-refractivity contribution is 0.190. The predicted molar refractivity (Wildman–Crippen MR) is 61.0 cm³/mol. The van der Waals surface area contributed by atoms with Crippen LogP contribution in [0.3, 0.4) is 0 Å². The Kier molecular flexibility index (Phi) is 3.58. The molecular weight excluding hydrogens is 210 g/mol. The quantitative estimate of drug-likeness (QED) is 0.784. The summed E-state index contributed by atoms with van der Waals surface area (Å²) in [5.74, 6) is 0. The van der Waals surface area contributed by atoms with E-state index >= 15 is 0 Å². The Morgan fingerprint density at radius 3 is 3.00 bits per heavy atom. The number of carbonyl (C=O) groups is 1. The van der Waals surface area contributed by atoms with Crippen molar-refractivity contribution in [2.45, 2.75) is 6.54 Å². The van der Waals surface area contributed by atoms with E-state index in [1.807, 2.05) is 22.4 Å². The van der Waals surface area contributed by atoms with Gasteiger partial charge in [-0.15, -0.1) is 11.3 Å². The van der Waals surface area contributed by atoms with Gasteiger partial charge >= 0.3 is 6.03 Å². The highest BCUT2D eigenvalue weighted by molar-refractivity contribution is 7.09. The molecule has 1 aliphatic rings. The standard InChI is InChI=1S/C10H15N3OS/c14-10(13-5-3-11-4-6-13)12-8-9-2-1-7-15-9/h1-2,7,11H,3-6,8H2,(H,12,14). The maximum absolute atomic E-state index is 11.7. The van der Waals surface area contributed by atoms with E-state index in [1.165, 1.54) is 4.88 Å². The van der Waals surface area contributed by atoms with Crippen molar-refractivity contribution >= 4 is 17.4 Å². The van der Waals surface area contributed by atoms with Crippen LogP contribution in [0.5, 0.6) is 0 Å². The minimum atomic E-state index is 0.0462. The molecule has 1 aromatic heterocycles. The minimum absolute atomic E-state index is 0.0462. The third-order valence-corrected chi connectivity index (χ3v) is 3.27. The Morgan fingerprint density at radius 2 is 2.33 bits per heavy atom. The van der Waals surface area contributed by atoms with Gasteiger partial charge in [-0.2, -0.15) is 0 Å². The first kappa shape index (κ1) is 10.4. The largest absolute Gasteiger partial charge is 0.333 e. The second-order valence-corrected chi connectivity index (χ2v) is 4.51. The molecule has 15 heavy (non-hydrogen) atoms. The molecule has 1 aromatic rings. The topological polar surface area (TPSA) is 44.4 Å². The van der Waals surface area contributed by atoms with Crippen LogP contribution in [-0.4, -0.2) is 37.1 Å². The lowest BCUT2D eigenvalue weighted by atomic mass is 10.4. The third kappa shape index (κ3) is 2.94. The van der Waals surface area contributed by atoms with Crippen LogP contribution in [0.2, 0.25) is 0 Å². The fourth-order valence-corrected chi connectivity index (χ4v) is 2.20. The number of hydrogen-bond acceptors (Lipinski definition) is 3. The summed E-state index contributed by atoms with van der Waals surface area (Å²) in [6.45, 7) is 4.03. The van der Waals surface area contributed by atoms with E-state index in [2.05, 4.69) is 10.6 Å². The smallest absolute Gasteiger partial charge is 0.317 e. The van der Waals surface area contributed by atoms with Crippen LogP contribution in [0, 0.1) is 0 Å². The fourth-order valence-electron chi connectivity index (χ4n) is 1.56. The summed E-state index contributed by atoms with van der Waals surface area (Å²) < 4.78 is 0. The van der Waals surface area contributed by atoms with Gasteiger partial charge in [0.2, 0.25) is 0 Å². The SMILES string of the molecule is O=C(NCc1cccs1)N1CCNCC1. The van der Waals surface area contributed by atoms with Crippen molar-refractivity contribution in [3.63, 3.8) is 0 Å². The second-order valence-electron chi connectivity index (χ2n) is 3.48. The lowest BCUT2D eigenvalue weighted by Crippen LogP contribution is -2.49. The molecule has 82 valence electrons. The zero-order chi connectivity index (χ0) is 10.5. The molecule has 5 heteroatoms. The van der Waals surface area contributed by atoms with Gasteiger partial charge in [0, 0.05) is 31.1 Å². The Hall–Kier alpha value is -1.07. The molecule has 1 fully saturated rings. The molecule has 0 aliphatic carbocycles. The highest BCUT2D eigenvalue weighted by Crippen LogP contribution is 2.07. The van der Waals surface area contributed by atoms with E-state index in [0.29, 0.717) is 6.54 Å². The molecule has 0 unspecified atom stereocenters. The third-order valence-electron chi connectivity index (χ3n) is 2.40. The van der Waals surface area contributed by atoms with Crippen molar-refractivity contribution in [1.82, 2.24) is 15.5 Å². The van der Waals surface area contributed by atoms with Crippen molar-refractivity contribution in [2.75, 3.05) is 26.2 Å². The number of nitrogens with one attached hydrogen (secondary N) is 2. The van der Waals surface area contributed by atoms with Gasteiger partial charge < -0.3 is 15.5 Å². The highest BCUT2D eigenvalue weighted by Gasteiger charge is 2.15. The van der Waals surface area contributed by atoms with Crippen molar-refractivity contribution in [2.24, 2.45) is 0 Å². The predicted octanol–water partition coefficient (Wildman–Crippen LogP) is 0.863. The number of thiophene rings is 1.